The summed E-state index contributed by atoms with van der Waals surface area (Å²) in [6.07, 6.45) is 1.46. The van der Waals surface area contributed by atoms with Gasteiger partial charge in [-0.25, -0.2) is 14.2 Å². The van der Waals surface area contributed by atoms with Crippen molar-refractivity contribution in [2.75, 3.05) is 0 Å². The van der Waals surface area contributed by atoms with E-state index >= 15 is 0 Å². The van der Waals surface area contributed by atoms with Crippen molar-refractivity contribution in [1.82, 2.24) is 15.0 Å². The highest BCUT2D eigenvalue weighted by Crippen LogP contribution is 2.25. The first-order chi connectivity index (χ1) is 7.72. The highest BCUT2D eigenvalue weighted by Gasteiger charge is 2.19. The summed E-state index contributed by atoms with van der Waals surface area (Å²) in [5.41, 5.74) is 2.55. The standard InChI is InChI=1S/C9H8F2N4S/c10-5-1-2-7(11)6(3-5)9(14-12)8-4-13-15-16-8/h1-4,9,14H,12H2. The van der Waals surface area contributed by atoms with Crippen LogP contribution in [0, 0.1) is 11.6 Å². The van der Waals surface area contributed by atoms with E-state index in [0.717, 1.165) is 29.7 Å². The van der Waals surface area contributed by atoms with E-state index in [2.05, 4.69) is 15.0 Å². The molecule has 0 aliphatic rings. The van der Waals surface area contributed by atoms with Gasteiger partial charge in [-0.2, -0.15) is 0 Å². The van der Waals surface area contributed by atoms with Crippen LogP contribution in [-0.2, 0) is 0 Å². The van der Waals surface area contributed by atoms with E-state index in [1.807, 2.05) is 0 Å². The first-order valence-corrected chi connectivity index (χ1v) is 5.18. The Bertz CT molecular complexity index is 474. The molecule has 0 saturated carbocycles. The molecule has 1 atom stereocenters. The van der Waals surface area contributed by atoms with E-state index in [1.54, 1.807) is 0 Å². The van der Waals surface area contributed by atoms with Gasteiger partial charge in [0.05, 0.1) is 17.1 Å². The van der Waals surface area contributed by atoms with Crippen LogP contribution in [0.2, 0.25) is 0 Å². The molecule has 0 amide bonds. The molecule has 0 saturated heterocycles. The minimum absolute atomic E-state index is 0.133. The third-order valence-electron chi connectivity index (χ3n) is 2.10. The average Bonchev–Trinajstić information content (AvgIpc) is 2.78. The van der Waals surface area contributed by atoms with Crippen molar-refractivity contribution in [2.45, 2.75) is 6.04 Å². The van der Waals surface area contributed by atoms with Gasteiger partial charge in [0.2, 0.25) is 0 Å². The van der Waals surface area contributed by atoms with Gasteiger partial charge in [-0.1, -0.05) is 4.49 Å². The number of rotatable bonds is 3. The molecule has 3 N–H and O–H groups in total. The quantitative estimate of drug-likeness (QED) is 0.630. The Morgan fingerprint density at radius 1 is 1.38 bits per heavy atom. The van der Waals surface area contributed by atoms with Gasteiger partial charge in [-0.05, 0) is 29.7 Å². The molecule has 0 fully saturated rings. The van der Waals surface area contributed by atoms with Crippen LogP contribution in [0.25, 0.3) is 0 Å². The zero-order valence-electron chi connectivity index (χ0n) is 8.02. The van der Waals surface area contributed by atoms with Gasteiger partial charge in [0.15, 0.2) is 0 Å². The Kier molecular flexibility index (Phi) is 3.18. The fourth-order valence-corrected chi connectivity index (χ4v) is 1.95. The number of hydrogen-bond acceptors (Lipinski definition) is 5. The third-order valence-corrected chi connectivity index (χ3v) is 2.83. The summed E-state index contributed by atoms with van der Waals surface area (Å²) in [7, 11) is 0. The number of nitrogens with two attached hydrogens (primary N) is 1. The normalized spacial score (nSPS) is 12.7. The smallest absolute Gasteiger partial charge is 0.128 e. The molecule has 1 unspecified atom stereocenters. The molecule has 7 heteroatoms. The van der Waals surface area contributed by atoms with Gasteiger partial charge in [-0.3, -0.25) is 5.84 Å². The number of aromatic nitrogens is 2. The Balaban J connectivity index is 2.44. The maximum atomic E-state index is 13.5. The summed E-state index contributed by atoms with van der Waals surface area (Å²) in [6, 6.07) is 2.57. The molecule has 0 bridgehead atoms. The third kappa shape index (κ3) is 2.06. The second-order valence-corrected chi connectivity index (χ2v) is 3.90. The van der Waals surface area contributed by atoms with Crippen LogP contribution in [0.4, 0.5) is 8.78 Å². The summed E-state index contributed by atoms with van der Waals surface area (Å²) in [6.45, 7) is 0. The number of nitrogens with zero attached hydrogens (tertiary/aromatic N) is 2. The van der Waals surface area contributed by atoms with Crippen LogP contribution in [-0.4, -0.2) is 9.59 Å². The molecular formula is C9H8F2N4S. The molecule has 16 heavy (non-hydrogen) atoms. The van der Waals surface area contributed by atoms with Crippen LogP contribution in [0.1, 0.15) is 16.5 Å². The molecular weight excluding hydrogens is 234 g/mol. The molecule has 2 aromatic rings. The number of halogens is 2. The zero-order valence-corrected chi connectivity index (χ0v) is 8.84. The highest BCUT2D eigenvalue weighted by molar-refractivity contribution is 7.05. The average molecular weight is 242 g/mol. The maximum Gasteiger partial charge on any atom is 0.128 e. The molecule has 0 aliphatic carbocycles. The van der Waals surface area contributed by atoms with Crippen molar-refractivity contribution in [3.63, 3.8) is 0 Å². The number of nitrogens with one attached hydrogen (secondary N) is 1. The van der Waals surface area contributed by atoms with Crippen molar-refractivity contribution >= 4 is 11.5 Å². The molecule has 0 aliphatic heterocycles. The van der Waals surface area contributed by atoms with Crippen molar-refractivity contribution in [3.05, 3.63) is 46.5 Å². The van der Waals surface area contributed by atoms with E-state index in [1.165, 1.54) is 6.20 Å². The maximum absolute atomic E-state index is 13.5. The second-order valence-electron chi connectivity index (χ2n) is 3.09. The van der Waals surface area contributed by atoms with Crippen LogP contribution in [0.3, 0.4) is 0 Å². The molecule has 2 rings (SSSR count). The fraction of sp³-hybridized carbons (Fsp3) is 0.111. The second kappa shape index (κ2) is 4.60. The highest BCUT2D eigenvalue weighted by atomic mass is 32.1. The fourth-order valence-electron chi connectivity index (χ4n) is 1.36. The van der Waals surface area contributed by atoms with Crippen LogP contribution >= 0.6 is 11.5 Å². The lowest BCUT2D eigenvalue weighted by Gasteiger charge is -2.14. The van der Waals surface area contributed by atoms with Gasteiger partial charge in [0, 0.05) is 5.56 Å². The summed E-state index contributed by atoms with van der Waals surface area (Å²) < 4.78 is 30.2. The Morgan fingerprint density at radius 2 is 2.19 bits per heavy atom. The lowest BCUT2D eigenvalue weighted by atomic mass is 10.1. The zero-order chi connectivity index (χ0) is 11.5. The molecule has 1 aromatic carbocycles. The van der Waals surface area contributed by atoms with Crippen molar-refractivity contribution in [1.29, 1.82) is 0 Å². The van der Waals surface area contributed by atoms with Crippen molar-refractivity contribution < 1.29 is 8.78 Å². The lowest BCUT2D eigenvalue weighted by Crippen LogP contribution is -2.29. The molecule has 0 spiro atoms. The molecule has 1 heterocycles. The van der Waals surface area contributed by atoms with Crippen LogP contribution < -0.4 is 11.3 Å². The topological polar surface area (TPSA) is 63.8 Å². The Hall–Kier alpha value is -1.44. The van der Waals surface area contributed by atoms with Crippen molar-refractivity contribution in [3.8, 4) is 0 Å². The van der Waals surface area contributed by atoms with Gasteiger partial charge >= 0.3 is 0 Å². The van der Waals surface area contributed by atoms with E-state index < -0.39 is 17.7 Å². The van der Waals surface area contributed by atoms with Crippen LogP contribution in [0.5, 0.6) is 0 Å². The summed E-state index contributed by atoms with van der Waals surface area (Å²) >= 11 is 1.07. The summed E-state index contributed by atoms with van der Waals surface area (Å²) in [4.78, 5) is 0.618. The number of benzene rings is 1. The summed E-state index contributed by atoms with van der Waals surface area (Å²) in [5.74, 6) is 4.28. The Labute approximate surface area is 94.2 Å². The molecule has 0 radical (unpaired) electrons. The first-order valence-electron chi connectivity index (χ1n) is 4.40. The minimum atomic E-state index is -0.643. The van der Waals surface area contributed by atoms with Crippen molar-refractivity contribution in [2.24, 2.45) is 5.84 Å². The number of hydrogen-bond donors (Lipinski definition) is 2. The number of hydrazine groups is 1. The minimum Gasteiger partial charge on any atom is -0.271 e. The monoisotopic (exact) mass is 242 g/mol. The summed E-state index contributed by atoms with van der Waals surface area (Å²) in [5, 5.41) is 3.63. The van der Waals surface area contributed by atoms with E-state index in [-0.39, 0.29) is 5.56 Å². The van der Waals surface area contributed by atoms with Gasteiger partial charge < -0.3 is 0 Å². The van der Waals surface area contributed by atoms with E-state index in [0.29, 0.717) is 4.88 Å². The van der Waals surface area contributed by atoms with Gasteiger partial charge in [0.25, 0.3) is 0 Å². The van der Waals surface area contributed by atoms with Gasteiger partial charge in [0.1, 0.15) is 11.6 Å². The largest absolute Gasteiger partial charge is 0.271 e. The van der Waals surface area contributed by atoms with Gasteiger partial charge in [-0.15, -0.1) is 5.10 Å². The van der Waals surface area contributed by atoms with E-state index in [4.69, 9.17) is 5.84 Å². The first kappa shape index (κ1) is 11.1. The van der Waals surface area contributed by atoms with Crippen LogP contribution in [0.15, 0.2) is 24.4 Å². The van der Waals surface area contributed by atoms with E-state index in [9.17, 15) is 8.78 Å². The molecule has 1 aromatic heterocycles. The Morgan fingerprint density at radius 3 is 2.81 bits per heavy atom. The predicted octanol–water partition coefficient (Wildman–Crippen LogP) is 1.37. The lowest BCUT2D eigenvalue weighted by molar-refractivity contribution is 0.548. The predicted molar refractivity (Wildman–Crippen MR) is 55.4 cm³/mol. The molecule has 4 nitrogen and oxygen atoms in total. The SMILES string of the molecule is NNC(c1cnns1)c1cc(F)ccc1F. The molecule has 84 valence electrons.